The summed E-state index contributed by atoms with van der Waals surface area (Å²) < 4.78 is 1.77. The molecule has 0 amide bonds. The lowest BCUT2D eigenvalue weighted by Gasteiger charge is -2.19. The summed E-state index contributed by atoms with van der Waals surface area (Å²) >= 11 is 4.91. The minimum absolute atomic E-state index is 0.519. The Morgan fingerprint density at radius 1 is 1.67 bits per heavy atom. The topological polar surface area (TPSA) is 60.0 Å². The van der Waals surface area contributed by atoms with Crippen LogP contribution >= 0.6 is 12.2 Å². The van der Waals surface area contributed by atoms with E-state index in [1.54, 1.807) is 11.0 Å². The first-order valence-corrected chi connectivity index (χ1v) is 5.37. The molecule has 84 valence electrons. The molecule has 0 saturated heterocycles. The van der Waals surface area contributed by atoms with Crippen molar-refractivity contribution in [3.63, 3.8) is 0 Å². The third kappa shape index (κ3) is 3.93. The van der Waals surface area contributed by atoms with Crippen molar-refractivity contribution in [2.45, 2.75) is 19.9 Å². The van der Waals surface area contributed by atoms with E-state index in [9.17, 15) is 0 Å². The second kappa shape index (κ2) is 5.77. The smallest absolute Gasteiger partial charge is 0.140 e. The molecule has 0 aromatic carbocycles. The van der Waals surface area contributed by atoms with Gasteiger partial charge in [-0.2, -0.15) is 5.10 Å². The summed E-state index contributed by atoms with van der Waals surface area (Å²) in [6.45, 7) is 4.46. The summed E-state index contributed by atoms with van der Waals surface area (Å²) in [5, 5.41) is 4.02. The van der Waals surface area contributed by atoms with Gasteiger partial charge in [0.05, 0.1) is 11.5 Å². The van der Waals surface area contributed by atoms with Crippen LogP contribution in [0.5, 0.6) is 0 Å². The van der Waals surface area contributed by atoms with E-state index in [4.69, 9.17) is 18.0 Å². The summed E-state index contributed by atoms with van der Waals surface area (Å²) in [6.07, 6.45) is 2.63. The van der Waals surface area contributed by atoms with Gasteiger partial charge in [0, 0.05) is 13.6 Å². The fourth-order valence-corrected chi connectivity index (χ4v) is 1.60. The van der Waals surface area contributed by atoms with Gasteiger partial charge in [0.1, 0.15) is 12.2 Å². The highest BCUT2D eigenvalue weighted by Crippen LogP contribution is 2.00. The monoisotopic (exact) mass is 227 g/mol. The summed E-state index contributed by atoms with van der Waals surface area (Å²) in [5.74, 6) is 0.930. The molecule has 2 N–H and O–H groups in total. The highest BCUT2D eigenvalue weighted by atomic mass is 32.1. The zero-order chi connectivity index (χ0) is 11.3. The molecule has 0 radical (unpaired) electrons. The van der Waals surface area contributed by atoms with Gasteiger partial charge >= 0.3 is 0 Å². The molecular weight excluding hydrogens is 210 g/mol. The fourth-order valence-electron chi connectivity index (χ4n) is 1.41. The maximum atomic E-state index is 5.54. The first kappa shape index (κ1) is 12.1. The molecule has 15 heavy (non-hydrogen) atoms. The van der Waals surface area contributed by atoms with Crippen LogP contribution in [0.3, 0.4) is 0 Å². The SMILES string of the molecule is CCCN(CC(N)=S)Cc1ncnn1C. The molecule has 1 heterocycles. The van der Waals surface area contributed by atoms with Gasteiger partial charge in [-0.25, -0.2) is 4.98 Å². The predicted molar refractivity (Wildman–Crippen MR) is 63.4 cm³/mol. The van der Waals surface area contributed by atoms with Crippen LogP contribution in [0.1, 0.15) is 19.2 Å². The van der Waals surface area contributed by atoms with Gasteiger partial charge in [-0.1, -0.05) is 19.1 Å². The highest BCUT2D eigenvalue weighted by molar-refractivity contribution is 7.80. The van der Waals surface area contributed by atoms with Crippen LogP contribution in [0.25, 0.3) is 0 Å². The van der Waals surface area contributed by atoms with E-state index in [1.807, 2.05) is 7.05 Å². The molecule has 5 nitrogen and oxygen atoms in total. The van der Waals surface area contributed by atoms with Crippen LogP contribution in [0.2, 0.25) is 0 Å². The molecule has 0 aliphatic rings. The van der Waals surface area contributed by atoms with Gasteiger partial charge in [-0.3, -0.25) is 9.58 Å². The number of hydrogen-bond donors (Lipinski definition) is 1. The number of nitrogens with zero attached hydrogens (tertiary/aromatic N) is 4. The molecule has 1 aromatic heterocycles. The lowest BCUT2D eigenvalue weighted by atomic mass is 10.4. The summed E-state index contributed by atoms with van der Waals surface area (Å²) in [4.78, 5) is 6.86. The Kier molecular flexibility index (Phi) is 4.64. The van der Waals surface area contributed by atoms with Gasteiger partial charge in [-0.05, 0) is 13.0 Å². The zero-order valence-corrected chi connectivity index (χ0v) is 10.00. The average molecular weight is 227 g/mol. The third-order valence-electron chi connectivity index (χ3n) is 2.09. The Balaban J connectivity index is 2.58. The third-order valence-corrected chi connectivity index (χ3v) is 2.22. The van der Waals surface area contributed by atoms with Crippen molar-refractivity contribution in [1.82, 2.24) is 19.7 Å². The van der Waals surface area contributed by atoms with Gasteiger partial charge in [0.25, 0.3) is 0 Å². The fraction of sp³-hybridized carbons (Fsp3) is 0.667. The number of thiocarbonyl (C=S) groups is 1. The maximum absolute atomic E-state index is 5.54. The zero-order valence-electron chi connectivity index (χ0n) is 9.18. The molecule has 0 atom stereocenters. The molecule has 6 heteroatoms. The Labute approximate surface area is 95.3 Å². The minimum atomic E-state index is 0.519. The predicted octanol–water partition coefficient (Wildman–Crippen LogP) is 0.313. The molecular formula is C9H17N5S. The summed E-state index contributed by atoms with van der Waals surface area (Å²) in [6, 6.07) is 0. The molecule has 0 aliphatic carbocycles. The van der Waals surface area contributed by atoms with Crippen LogP contribution in [-0.4, -0.2) is 37.7 Å². The Morgan fingerprint density at radius 3 is 2.87 bits per heavy atom. The first-order chi connectivity index (χ1) is 7.13. The molecule has 0 fully saturated rings. The lowest BCUT2D eigenvalue weighted by Crippen LogP contribution is -2.33. The molecule has 0 unspecified atom stereocenters. The van der Waals surface area contributed by atoms with Crippen molar-refractivity contribution < 1.29 is 0 Å². The number of nitrogens with two attached hydrogens (primary N) is 1. The van der Waals surface area contributed by atoms with E-state index in [0.29, 0.717) is 11.5 Å². The van der Waals surface area contributed by atoms with Crippen molar-refractivity contribution in [3.05, 3.63) is 12.2 Å². The van der Waals surface area contributed by atoms with Gasteiger partial charge in [0.2, 0.25) is 0 Å². The van der Waals surface area contributed by atoms with Crippen LogP contribution in [0.4, 0.5) is 0 Å². The lowest BCUT2D eigenvalue weighted by molar-refractivity contribution is 0.292. The normalized spacial score (nSPS) is 10.9. The minimum Gasteiger partial charge on any atom is -0.392 e. The molecule has 0 aliphatic heterocycles. The second-order valence-electron chi connectivity index (χ2n) is 3.48. The highest BCUT2D eigenvalue weighted by Gasteiger charge is 2.09. The Bertz CT molecular complexity index is 322. The standard InChI is InChI=1S/C9H17N5S/c1-3-4-14(5-8(10)15)6-9-11-7-12-13(9)2/h7H,3-6H2,1-2H3,(H2,10,15). The van der Waals surface area contributed by atoms with Gasteiger partial charge in [0.15, 0.2) is 0 Å². The number of hydrogen-bond acceptors (Lipinski definition) is 4. The maximum Gasteiger partial charge on any atom is 0.140 e. The molecule has 0 bridgehead atoms. The van der Waals surface area contributed by atoms with Crippen molar-refractivity contribution in [1.29, 1.82) is 0 Å². The number of rotatable bonds is 6. The van der Waals surface area contributed by atoms with E-state index in [0.717, 1.165) is 25.3 Å². The molecule has 1 aromatic rings. The largest absolute Gasteiger partial charge is 0.392 e. The van der Waals surface area contributed by atoms with E-state index in [1.165, 1.54) is 0 Å². The summed E-state index contributed by atoms with van der Waals surface area (Å²) in [5.41, 5.74) is 5.54. The average Bonchev–Trinajstić information content (AvgIpc) is 2.51. The Morgan fingerprint density at radius 2 is 2.40 bits per heavy atom. The molecule has 0 spiro atoms. The van der Waals surface area contributed by atoms with E-state index >= 15 is 0 Å². The Hall–Kier alpha value is -1.01. The van der Waals surface area contributed by atoms with Crippen molar-refractivity contribution >= 4 is 17.2 Å². The van der Waals surface area contributed by atoms with Gasteiger partial charge < -0.3 is 5.73 Å². The summed E-state index contributed by atoms with van der Waals surface area (Å²) in [7, 11) is 1.88. The van der Waals surface area contributed by atoms with Crippen LogP contribution in [0.15, 0.2) is 6.33 Å². The van der Waals surface area contributed by atoms with E-state index < -0.39 is 0 Å². The second-order valence-corrected chi connectivity index (χ2v) is 4.00. The number of aromatic nitrogens is 3. The van der Waals surface area contributed by atoms with Crippen LogP contribution < -0.4 is 5.73 Å². The van der Waals surface area contributed by atoms with Crippen LogP contribution in [0, 0.1) is 0 Å². The van der Waals surface area contributed by atoms with Crippen molar-refractivity contribution in [2.75, 3.05) is 13.1 Å². The van der Waals surface area contributed by atoms with Crippen molar-refractivity contribution in [3.8, 4) is 0 Å². The molecule has 0 saturated carbocycles. The quantitative estimate of drug-likeness (QED) is 0.709. The van der Waals surface area contributed by atoms with E-state index in [-0.39, 0.29) is 0 Å². The first-order valence-electron chi connectivity index (χ1n) is 4.97. The van der Waals surface area contributed by atoms with Crippen LogP contribution in [-0.2, 0) is 13.6 Å². The molecule has 1 rings (SSSR count). The number of aryl methyl sites for hydroxylation is 1. The van der Waals surface area contributed by atoms with E-state index in [2.05, 4.69) is 21.9 Å². The van der Waals surface area contributed by atoms with Crippen molar-refractivity contribution in [2.24, 2.45) is 12.8 Å². The van der Waals surface area contributed by atoms with Gasteiger partial charge in [-0.15, -0.1) is 0 Å².